The van der Waals surface area contributed by atoms with Gasteiger partial charge in [-0.25, -0.2) is 19.9 Å². The lowest BCUT2D eigenvalue weighted by Crippen LogP contribution is -1.98. The summed E-state index contributed by atoms with van der Waals surface area (Å²) >= 11 is 0. The van der Waals surface area contributed by atoms with Gasteiger partial charge < -0.3 is 4.42 Å². The first-order chi connectivity index (χ1) is 33.2. The molecule has 12 rings (SSSR count). The lowest BCUT2D eigenvalue weighted by atomic mass is 9.88. The predicted octanol–water partition coefficient (Wildman–Crippen LogP) is 16.2. The second-order valence-electron chi connectivity index (χ2n) is 16.6. The smallest absolute Gasteiger partial charge is 0.160 e. The van der Waals surface area contributed by atoms with Crippen LogP contribution < -0.4 is 0 Å². The van der Waals surface area contributed by atoms with Crippen molar-refractivity contribution in [3.8, 4) is 101 Å². The Bertz CT molecular complexity index is 3680. The van der Waals surface area contributed by atoms with Gasteiger partial charge in [-0.05, 0) is 75.8 Å². The van der Waals surface area contributed by atoms with E-state index in [1.807, 2.05) is 60.7 Å². The molecule has 9 aromatic carbocycles. The number of aromatic nitrogens is 4. The van der Waals surface area contributed by atoms with Gasteiger partial charge in [0.2, 0.25) is 0 Å². The van der Waals surface area contributed by atoms with Crippen molar-refractivity contribution in [2.75, 3.05) is 0 Å². The molecular formula is C62H40N4O. The monoisotopic (exact) mass is 856 g/mol. The van der Waals surface area contributed by atoms with E-state index in [4.69, 9.17) is 24.4 Å². The average Bonchev–Trinajstić information content (AvgIpc) is 3.79. The summed E-state index contributed by atoms with van der Waals surface area (Å²) in [6.07, 6.45) is 0. The molecular weight excluding hydrogens is 817 g/mol. The van der Waals surface area contributed by atoms with Crippen LogP contribution in [0.1, 0.15) is 0 Å². The van der Waals surface area contributed by atoms with Crippen LogP contribution in [0, 0.1) is 0 Å². The van der Waals surface area contributed by atoms with Crippen LogP contribution in [0.4, 0.5) is 0 Å². The van der Waals surface area contributed by atoms with Gasteiger partial charge in [-0.2, -0.15) is 0 Å². The van der Waals surface area contributed by atoms with Crippen LogP contribution in [0.25, 0.3) is 123 Å². The van der Waals surface area contributed by atoms with E-state index in [9.17, 15) is 0 Å². The normalized spacial score (nSPS) is 11.3. The van der Waals surface area contributed by atoms with Gasteiger partial charge in [0.05, 0.1) is 22.8 Å². The largest absolute Gasteiger partial charge is 0.456 e. The Labute approximate surface area is 388 Å². The van der Waals surface area contributed by atoms with Crippen molar-refractivity contribution in [3.05, 3.63) is 243 Å². The maximum Gasteiger partial charge on any atom is 0.160 e. The molecule has 3 aromatic heterocycles. The number of furan rings is 1. The lowest BCUT2D eigenvalue weighted by molar-refractivity contribution is 0.669. The van der Waals surface area contributed by atoms with E-state index < -0.39 is 0 Å². The quantitative estimate of drug-likeness (QED) is 0.145. The summed E-state index contributed by atoms with van der Waals surface area (Å²) in [6.45, 7) is 0. The highest BCUT2D eigenvalue weighted by atomic mass is 16.3. The maximum atomic E-state index is 6.28. The molecule has 5 nitrogen and oxygen atoms in total. The summed E-state index contributed by atoms with van der Waals surface area (Å²) in [5, 5.41) is 2.22. The third-order valence-electron chi connectivity index (χ3n) is 12.3. The first kappa shape index (κ1) is 39.5. The fourth-order valence-corrected chi connectivity index (χ4v) is 9.02. The predicted molar refractivity (Wildman–Crippen MR) is 274 cm³/mol. The van der Waals surface area contributed by atoms with Crippen molar-refractivity contribution in [1.29, 1.82) is 0 Å². The maximum absolute atomic E-state index is 6.28. The van der Waals surface area contributed by atoms with Gasteiger partial charge in [0.25, 0.3) is 0 Å². The van der Waals surface area contributed by atoms with E-state index in [-0.39, 0.29) is 0 Å². The van der Waals surface area contributed by atoms with E-state index in [0.29, 0.717) is 11.6 Å². The Morgan fingerprint density at radius 3 is 1.39 bits per heavy atom. The van der Waals surface area contributed by atoms with Crippen LogP contribution in [-0.2, 0) is 0 Å². The molecule has 0 aliphatic heterocycles. The van der Waals surface area contributed by atoms with Crippen molar-refractivity contribution < 1.29 is 4.42 Å². The molecule has 67 heavy (non-hydrogen) atoms. The molecule has 12 aromatic rings. The molecule has 0 aliphatic carbocycles. The lowest BCUT2D eigenvalue weighted by Gasteiger charge is -2.17. The zero-order valence-corrected chi connectivity index (χ0v) is 36.3. The molecule has 0 aliphatic rings. The highest BCUT2D eigenvalue weighted by Gasteiger charge is 2.19. The third kappa shape index (κ3) is 7.75. The van der Waals surface area contributed by atoms with Crippen molar-refractivity contribution in [2.24, 2.45) is 0 Å². The molecule has 0 spiro atoms. The molecule has 0 bridgehead atoms. The minimum absolute atomic E-state index is 0.642. The molecule has 0 fully saturated rings. The average molecular weight is 857 g/mol. The van der Waals surface area contributed by atoms with Crippen LogP contribution in [0.2, 0.25) is 0 Å². The Morgan fingerprint density at radius 2 is 0.687 bits per heavy atom. The number of hydrogen-bond donors (Lipinski definition) is 0. The number of para-hydroxylation sites is 1. The summed E-state index contributed by atoms with van der Waals surface area (Å²) in [5.74, 6) is 1.32. The highest BCUT2D eigenvalue weighted by Crippen LogP contribution is 2.42. The molecule has 0 saturated heterocycles. The highest BCUT2D eigenvalue weighted by molar-refractivity contribution is 6.06. The zero-order chi connectivity index (χ0) is 44.5. The third-order valence-corrected chi connectivity index (χ3v) is 12.3. The molecule has 0 atom stereocenters. The Balaban J connectivity index is 0.997. The van der Waals surface area contributed by atoms with Crippen LogP contribution in [0.5, 0.6) is 0 Å². The first-order valence-electron chi connectivity index (χ1n) is 22.4. The van der Waals surface area contributed by atoms with Gasteiger partial charge in [-0.15, -0.1) is 0 Å². The van der Waals surface area contributed by atoms with E-state index in [1.54, 1.807) is 0 Å². The summed E-state index contributed by atoms with van der Waals surface area (Å²) in [6, 6.07) is 84.0. The molecule has 314 valence electrons. The van der Waals surface area contributed by atoms with E-state index in [0.717, 1.165) is 111 Å². The van der Waals surface area contributed by atoms with Crippen molar-refractivity contribution in [1.82, 2.24) is 19.9 Å². The number of benzene rings is 9. The Morgan fingerprint density at radius 1 is 0.224 bits per heavy atom. The first-order valence-corrected chi connectivity index (χ1v) is 22.4. The molecule has 0 amide bonds. The second-order valence-corrected chi connectivity index (χ2v) is 16.6. The van der Waals surface area contributed by atoms with Crippen LogP contribution >= 0.6 is 0 Å². The molecule has 0 N–H and O–H groups in total. The molecule has 5 heteroatoms. The fourth-order valence-electron chi connectivity index (χ4n) is 9.02. The topological polar surface area (TPSA) is 64.7 Å². The zero-order valence-electron chi connectivity index (χ0n) is 36.3. The van der Waals surface area contributed by atoms with Crippen molar-refractivity contribution in [2.45, 2.75) is 0 Å². The van der Waals surface area contributed by atoms with E-state index in [2.05, 4.69) is 182 Å². The summed E-state index contributed by atoms with van der Waals surface area (Å²) in [4.78, 5) is 20.9. The summed E-state index contributed by atoms with van der Waals surface area (Å²) < 4.78 is 6.28. The summed E-state index contributed by atoms with van der Waals surface area (Å²) in [7, 11) is 0. The number of fused-ring (bicyclic) bond motifs is 3. The van der Waals surface area contributed by atoms with Gasteiger partial charge in [-0.1, -0.05) is 200 Å². The van der Waals surface area contributed by atoms with Gasteiger partial charge in [0.1, 0.15) is 11.2 Å². The number of nitrogens with zero attached hydrogens (tertiary/aromatic N) is 4. The number of hydrogen-bond acceptors (Lipinski definition) is 5. The molecule has 0 unspecified atom stereocenters. The molecule has 0 radical (unpaired) electrons. The Kier molecular flexibility index (Phi) is 10.1. The molecule has 3 heterocycles. The van der Waals surface area contributed by atoms with Gasteiger partial charge >= 0.3 is 0 Å². The van der Waals surface area contributed by atoms with Crippen molar-refractivity contribution >= 4 is 21.9 Å². The fraction of sp³-hybridized carbons (Fsp3) is 0. The van der Waals surface area contributed by atoms with E-state index >= 15 is 0 Å². The van der Waals surface area contributed by atoms with E-state index in [1.165, 1.54) is 0 Å². The standard InChI is InChI=1S/C62H40N4O/c1-5-18-41(19-6-1)54-37-47(57-39-55(42-20-7-2-8-21-42)63-61(65-57)44-24-11-4-12-25-44)33-34-50(54)49-28-13-14-29-51(49)58-40-56(43-22-9-3-10-23-43)64-62(66-58)48-27-17-26-45(36-48)46-32-35-53-52-30-15-16-31-59(52)67-60(53)38-46/h1-40H. The second kappa shape index (κ2) is 17.1. The minimum Gasteiger partial charge on any atom is -0.456 e. The van der Waals surface area contributed by atoms with Crippen LogP contribution in [0.3, 0.4) is 0 Å². The van der Waals surface area contributed by atoms with Gasteiger partial charge in [0, 0.05) is 44.2 Å². The number of rotatable bonds is 9. The molecule has 0 saturated carbocycles. The van der Waals surface area contributed by atoms with Gasteiger partial charge in [0.15, 0.2) is 11.6 Å². The minimum atomic E-state index is 0.642. The van der Waals surface area contributed by atoms with Crippen molar-refractivity contribution in [3.63, 3.8) is 0 Å². The SMILES string of the molecule is c1ccc(-c2cc(-c3ccc(-c4ccccc4-c4cc(-c5ccccc5)nc(-c5cccc(-c6ccc7c(c6)oc6ccccc67)c5)n4)c(-c4ccccc4)c3)nc(-c3ccccc3)n2)cc1. The van der Waals surface area contributed by atoms with Crippen LogP contribution in [0.15, 0.2) is 247 Å². The summed E-state index contributed by atoms with van der Waals surface area (Å²) in [5.41, 5.74) is 17.5. The van der Waals surface area contributed by atoms with Gasteiger partial charge in [-0.3, -0.25) is 0 Å². The Hall–Kier alpha value is -9.06. The van der Waals surface area contributed by atoms with Crippen LogP contribution in [-0.4, -0.2) is 19.9 Å².